The number of aliphatic hydroxyl groups is 1. The summed E-state index contributed by atoms with van der Waals surface area (Å²) >= 11 is 0. The molecule has 3 N–H and O–H groups in total. The van der Waals surface area contributed by atoms with Gasteiger partial charge in [-0.25, -0.2) is 0 Å². The van der Waals surface area contributed by atoms with Crippen LogP contribution in [0.4, 0.5) is 0 Å². The minimum Gasteiger partial charge on any atom is -0.508 e. The highest BCUT2D eigenvalue weighted by Crippen LogP contribution is 2.39. The molecule has 0 aliphatic carbocycles. The van der Waals surface area contributed by atoms with Crippen LogP contribution in [-0.4, -0.2) is 27.4 Å². The summed E-state index contributed by atoms with van der Waals surface area (Å²) in [4.78, 5) is 11.6. The third-order valence-electron chi connectivity index (χ3n) is 3.75. The molecular weight excluding hydrogens is 272 g/mol. The average Bonchev–Trinajstić information content (AvgIpc) is 2.36. The molecule has 2 rings (SSSR count). The molecule has 0 saturated carbocycles. The van der Waals surface area contributed by atoms with Crippen LogP contribution in [0.5, 0.6) is 11.5 Å². The molecule has 21 heavy (non-hydrogen) atoms. The zero-order valence-electron chi connectivity index (χ0n) is 12.2. The molecule has 5 heteroatoms. The van der Waals surface area contributed by atoms with E-state index in [-0.39, 0.29) is 30.0 Å². The van der Waals surface area contributed by atoms with Gasteiger partial charge in [-0.3, -0.25) is 4.79 Å². The Hall–Kier alpha value is -1.75. The molecule has 0 saturated heterocycles. The number of rotatable bonds is 6. The van der Waals surface area contributed by atoms with E-state index < -0.39 is 6.10 Å². The third kappa shape index (κ3) is 4.11. The average molecular weight is 294 g/mol. The number of esters is 1. The number of hydrogen-bond acceptors (Lipinski definition) is 5. The van der Waals surface area contributed by atoms with Crippen molar-refractivity contribution in [1.29, 1.82) is 0 Å². The molecule has 1 aromatic carbocycles. The Morgan fingerprint density at radius 3 is 2.76 bits per heavy atom. The Morgan fingerprint density at radius 2 is 2.05 bits per heavy atom. The van der Waals surface area contributed by atoms with Gasteiger partial charge in [0.1, 0.15) is 17.6 Å². The largest absolute Gasteiger partial charge is 0.508 e. The monoisotopic (exact) mass is 294 g/mol. The third-order valence-corrected chi connectivity index (χ3v) is 3.75. The standard InChI is InChI=1S/C16H22O5/c1-10(17)5-3-2-4-6-14-16-11(8-15(20)21-14)7-12(18)9-13(16)19/h7,9-10,14,17-19H,2-6,8H2,1H3/t10-,14-/m1/s1. The van der Waals surface area contributed by atoms with Gasteiger partial charge < -0.3 is 20.1 Å². The van der Waals surface area contributed by atoms with E-state index in [9.17, 15) is 20.1 Å². The lowest BCUT2D eigenvalue weighted by Crippen LogP contribution is -2.21. The zero-order valence-corrected chi connectivity index (χ0v) is 12.2. The fraction of sp³-hybridized carbons (Fsp3) is 0.562. The van der Waals surface area contributed by atoms with Crippen LogP contribution in [0.2, 0.25) is 0 Å². The minimum atomic E-state index is -0.451. The predicted molar refractivity (Wildman–Crippen MR) is 77.1 cm³/mol. The number of unbranched alkanes of at least 4 members (excludes halogenated alkanes) is 2. The number of cyclic esters (lactones) is 1. The molecule has 0 amide bonds. The molecule has 1 aliphatic rings. The van der Waals surface area contributed by atoms with E-state index in [4.69, 9.17) is 4.74 Å². The topological polar surface area (TPSA) is 87.0 Å². The number of benzene rings is 1. The van der Waals surface area contributed by atoms with E-state index in [2.05, 4.69) is 0 Å². The number of phenols is 2. The van der Waals surface area contributed by atoms with E-state index in [1.807, 2.05) is 0 Å². The molecule has 1 aliphatic heterocycles. The van der Waals surface area contributed by atoms with Gasteiger partial charge in [-0.05, 0) is 37.8 Å². The van der Waals surface area contributed by atoms with Gasteiger partial charge in [0.25, 0.3) is 0 Å². The number of carbonyl (C=O) groups excluding carboxylic acids is 1. The first kappa shape index (κ1) is 15.6. The Labute approximate surface area is 124 Å². The number of carbonyl (C=O) groups is 1. The van der Waals surface area contributed by atoms with Crippen molar-refractivity contribution in [3.63, 3.8) is 0 Å². The summed E-state index contributed by atoms with van der Waals surface area (Å²) in [7, 11) is 0. The summed E-state index contributed by atoms with van der Waals surface area (Å²) in [6, 6.07) is 2.79. The van der Waals surface area contributed by atoms with Crippen molar-refractivity contribution in [3.8, 4) is 11.5 Å². The lowest BCUT2D eigenvalue weighted by Gasteiger charge is -2.26. The van der Waals surface area contributed by atoms with Crippen LogP contribution in [-0.2, 0) is 16.0 Å². The van der Waals surface area contributed by atoms with E-state index in [0.29, 0.717) is 17.5 Å². The minimum absolute atomic E-state index is 0.0218. The van der Waals surface area contributed by atoms with Crippen molar-refractivity contribution in [2.75, 3.05) is 0 Å². The summed E-state index contributed by atoms with van der Waals surface area (Å²) < 4.78 is 5.33. The Morgan fingerprint density at radius 1 is 1.29 bits per heavy atom. The van der Waals surface area contributed by atoms with Gasteiger partial charge >= 0.3 is 5.97 Å². The van der Waals surface area contributed by atoms with Crippen molar-refractivity contribution in [3.05, 3.63) is 23.3 Å². The number of aliphatic hydroxyl groups excluding tert-OH is 1. The fourth-order valence-electron chi connectivity index (χ4n) is 2.76. The molecule has 5 nitrogen and oxygen atoms in total. The number of aromatic hydroxyl groups is 2. The lowest BCUT2D eigenvalue weighted by atomic mass is 9.92. The van der Waals surface area contributed by atoms with Crippen molar-refractivity contribution < 1.29 is 24.9 Å². The second-order valence-corrected chi connectivity index (χ2v) is 5.68. The van der Waals surface area contributed by atoms with Gasteiger partial charge in [0, 0.05) is 11.6 Å². The van der Waals surface area contributed by atoms with Crippen molar-refractivity contribution in [2.24, 2.45) is 0 Å². The van der Waals surface area contributed by atoms with Gasteiger partial charge in [-0.1, -0.05) is 12.8 Å². The summed E-state index contributed by atoms with van der Waals surface area (Å²) in [5.74, 6) is -0.399. The summed E-state index contributed by atoms with van der Waals surface area (Å²) in [5, 5.41) is 28.7. The van der Waals surface area contributed by atoms with Crippen molar-refractivity contribution >= 4 is 5.97 Å². The molecule has 116 valence electrons. The highest BCUT2D eigenvalue weighted by molar-refractivity contribution is 5.76. The van der Waals surface area contributed by atoms with Gasteiger partial charge in [0.15, 0.2) is 0 Å². The van der Waals surface area contributed by atoms with Crippen LogP contribution in [0.1, 0.15) is 56.3 Å². The smallest absolute Gasteiger partial charge is 0.310 e. The molecule has 2 atom stereocenters. The van der Waals surface area contributed by atoms with Crippen LogP contribution in [0.25, 0.3) is 0 Å². The first-order chi connectivity index (χ1) is 9.97. The first-order valence-corrected chi connectivity index (χ1v) is 7.39. The lowest BCUT2D eigenvalue weighted by molar-refractivity contribution is -0.150. The fourth-order valence-corrected chi connectivity index (χ4v) is 2.76. The van der Waals surface area contributed by atoms with Gasteiger partial charge in [-0.2, -0.15) is 0 Å². The Kier molecular flexibility index (Phi) is 5.07. The second kappa shape index (κ2) is 6.80. The SMILES string of the molecule is C[C@@H](O)CCCCC[C@H]1OC(=O)Cc2cc(O)cc(O)c21. The Balaban J connectivity index is 2.00. The number of phenolic OH excluding ortho intramolecular Hbond substituents is 2. The predicted octanol–water partition coefficient (Wildman–Crippen LogP) is 2.57. The molecular formula is C16H22O5. The van der Waals surface area contributed by atoms with Crippen LogP contribution >= 0.6 is 0 Å². The molecule has 0 fully saturated rings. The molecule has 1 aromatic rings. The van der Waals surface area contributed by atoms with E-state index >= 15 is 0 Å². The maximum absolute atomic E-state index is 11.6. The van der Waals surface area contributed by atoms with Crippen molar-refractivity contribution in [2.45, 2.75) is 57.7 Å². The summed E-state index contributed by atoms with van der Waals surface area (Å²) in [5.41, 5.74) is 1.25. The van der Waals surface area contributed by atoms with Crippen LogP contribution < -0.4 is 0 Å². The molecule has 1 heterocycles. The van der Waals surface area contributed by atoms with Crippen LogP contribution in [0.15, 0.2) is 12.1 Å². The molecule has 0 radical (unpaired) electrons. The van der Waals surface area contributed by atoms with Crippen molar-refractivity contribution in [1.82, 2.24) is 0 Å². The van der Waals surface area contributed by atoms with Crippen LogP contribution in [0, 0.1) is 0 Å². The maximum Gasteiger partial charge on any atom is 0.310 e. The zero-order chi connectivity index (χ0) is 15.4. The summed E-state index contributed by atoms with van der Waals surface area (Å²) in [6.07, 6.45) is 3.45. The van der Waals surface area contributed by atoms with Crippen LogP contribution in [0.3, 0.4) is 0 Å². The molecule has 0 bridgehead atoms. The second-order valence-electron chi connectivity index (χ2n) is 5.68. The highest BCUT2D eigenvalue weighted by atomic mass is 16.5. The van der Waals surface area contributed by atoms with E-state index in [0.717, 1.165) is 25.7 Å². The summed E-state index contributed by atoms with van der Waals surface area (Å²) in [6.45, 7) is 1.77. The van der Waals surface area contributed by atoms with Gasteiger partial charge in [-0.15, -0.1) is 0 Å². The Bertz CT molecular complexity index is 510. The quantitative estimate of drug-likeness (QED) is 0.554. The van der Waals surface area contributed by atoms with Gasteiger partial charge in [0.2, 0.25) is 0 Å². The maximum atomic E-state index is 11.6. The highest BCUT2D eigenvalue weighted by Gasteiger charge is 2.29. The van der Waals surface area contributed by atoms with E-state index in [1.165, 1.54) is 12.1 Å². The molecule has 0 spiro atoms. The van der Waals surface area contributed by atoms with Gasteiger partial charge in [0.05, 0.1) is 12.5 Å². The number of hydrogen-bond donors (Lipinski definition) is 3. The number of ether oxygens (including phenoxy) is 1. The number of fused-ring (bicyclic) bond motifs is 1. The normalized spacial score (nSPS) is 19.0. The first-order valence-electron chi connectivity index (χ1n) is 7.39. The van der Waals surface area contributed by atoms with E-state index in [1.54, 1.807) is 6.92 Å². The molecule has 0 aromatic heterocycles. The molecule has 0 unspecified atom stereocenters.